The highest BCUT2D eigenvalue weighted by Gasteiger charge is 2.36. The van der Waals surface area contributed by atoms with Gasteiger partial charge in [-0.15, -0.1) is 0 Å². The van der Waals surface area contributed by atoms with Crippen LogP contribution < -0.4 is 15.8 Å². The van der Waals surface area contributed by atoms with Gasteiger partial charge in [0.05, 0.1) is 6.54 Å². The molecule has 0 spiro atoms. The molecule has 1 aromatic carbocycles. The van der Waals surface area contributed by atoms with Crippen LogP contribution in [-0.2, 0) is 11.2 Å². The van der Waals surface area contributed by atoms with Gasteiger partial charge in [0.2, 0.25) is 5.91 Å². The van der Waals surface area contributed by atoms with Gasteiger partial charge in [0, 0.05) is 12.0 Å². The van der Waals surface area contributed by atoms with Crippen molar-refractivity contribution >= 4 is 5.91 Å². The van der Waals surface area contributed by atoms with Crippen molar-refractivity contribution < 1.29 is 22.7 Å². The number of nitrogens with one attached hydrogen (secondary N) is 1. The number of ether oxygens (including phenoxy) is 1. The number of rotatable bonds is 4. The zero-order valence-electron chi connectivity index (χ0n) is 11.8. The maximum Gasteiger partial charge on any atom is 0.401 e. The van der Waals surface area contributed by atoms with Crippen LogP contribution in [0, 0.1) is 0 Å². The minimum absolute atomic E-state index is 0.342. The van der Waals surface area contributed by atoms with Gasteiger partial charge in [-0.2, -0.15) is 13.2 Å². The number of hydrogen-bond acceptors (Lipinski definition) is 3. The van der Waals surface area contributed by atoms with Crippen LogP contribution in [0.2, 0.25) is 0 Å². The second kappa shape index (κ2) is 5.22. The summed E-state index contributed by atoms with van der Waals surface area (Å²) >= 11 is 0. The Labute approximate surface area is 120 Å². The van der Waals surface area contributed by atoms with Crippen LogP contribution in [0.5, 0.6) is 5.75 Å². The van der Waals surface area contributed by atoms with Crippen LogP contribution in [0.1, 0.15) is 31.0 Å². The fourth-order valence-corrected chi connectivity index (χ4v) is 2.45. The standard InChI is InChI=1S/C14H17F3N2O2/c1-13(2)6-8-4-3-5-9(11(8)21-13)10(12(18)20)19-7-14(15,16)17/h3-5,10,19H,6-7H2,1-2H3,(H2,18,20). The van der Waals surface area contributed by atoms with Crippen LogP contribution in [0.4, 0.5) is 13.2 Å². The molecule has 1 aliphatic rings. The summed E-state index contributed by atoms with van der Waals surface area (Å²) in [4.78, 5) is 11.5. The van der Waals surface area contributed by atoms with Crippen LogP contribution in [-0.4, -0.2) is 24.2 Å². The topological polar surface area (TPSA) is 64.3 Å². The molecular formula is C14H17F3N2O2. The highest BCUT2D eigenvalue weighted by molar-refractivity contribution is 5.82. The Hall–Kier alpha value is -1.76. The van der Waals surface area contributed by atoms with Crippen molar-refractivity contribution in [3.05, 3.63) is 29.3 Å². The summed E-state index contributed by atoms with van der Waals surface area (Å²) in [6, 6.07) is 3.83. The van der Waals surface area contributed by atoms with E-state index in [2.05, 4.69) is 5.32 Å². The van der Waals surface area contributed by atoms with Crippen LogP contribution in [0.15, 0.2) is 18.2 Å². The molecule has 1 amide bonds. The van der Waals surface area contributed by atoms with Gasteiger partial charge in [-0.3, -0.25) is 10.1 Å². The van der Waals surface area contributed by atoms with Crippen molar-refractivity contribution in [2.45, 2.75) is 38.1 Å². The molecule has 0 fully saturated rings. The second-order valence-electron chi connectivity index (χ2n) is 5.71. The highest BCUT2D eigenvalue weighted by atomic mass is 19.4. The highest BCUT2D eigenvalue weighted by Crippen LogP contribution is 2.40. The molecular weight excluding hydrogens is 285 g/mol. The van der Waals surface area contributed by atoms with Gasteiger partial charge >= 0.3 is 6.18 Å². The van der Waals surface area contributed by atoms with Crippen molar-refractivity contribution in [2.75, 3.05) is 6.54 Å². The van der Waals surface area contributed by atoms with Gasteiger partial charge < -0.3 is 10.5 Å². The number of benzene rings is 1. The molecule has 0 radical (unpaired) electrons. The Kier molecular flexibility index (Phi) is 3.88. The van der Waals surface area contributed by atoms with E-state index in [-0.39, 0.29) is 0 Å². The van der Waals surface area contributed by atoms with Crippen molar-refractivity contribution in [3.8, 4) is 5.75 Å². The molecule has 1 unspecified atom stereocenters. The average molecular weight is 302 g/mol. The van der Waals surface area contributed by atoms with Crippen molar-refractivity contribution in [1.82, 2.24) is 5.32 Å². The molecule has 3 N–H and O–H groups in total. The first-order valence-electron chi connectivity index (χ1n) is 6.49. The smallest absolute Gasteiger partial charge is 0.401 e. The normalized spacial score (nSPS) is 18.0. The summed E-state index contributed by atoms with van der Waals surface area (Å²) in [6.45, 7) is 2.45. The van der Waals surface area contributed by atoms with E-state index in [1.54, 1.807) is 12.1 Å². The van der Waals surface area contributed by atoms with Gasteiger partial charge in [0.15, 0.2) is 0 Å². The third-order valence-electron chi connectivity index (χ3n) is 3.22. The quantitative estimate of drug-likeness (QED) is 0.895. The summed E-state index contributed by atoms with van der Waals surface area (Å²) in [5.41, 5.74) is 5.98. The van der Waals surface area contributed by atoms with E-state index in [9.17, 15) is 18.0 Å². The Morgan fingerprint density at radius 1 is 1.48 bits per heavy atom. The third kappa shape index (κ3) is 3.66. The van der Waals surface area contributed by atoms with E-state index in [4.69, 9.17) is 10.5 Å². The minimum Gasteiger partial charge on any atom is -0.487 e. The number of amides is 1. The van der Waals surface area contributed by atoms with Crippen molar-refractivity contribution in [3.63, 3.8) is 0 Å². The third-order valence-corrected chi connectivity index (χ3v) is 3.22. The lowest BCUT2D eigenvalue weighted by Crippen LogP contribution is -2.39. The fourth-order valence-electron chi connectivity index (χ4n) is 2.45. The molecule has 1 heterocycles. The van der Waals surface area contributed by atoms with Gasteiger partial charge in [-0.05, 0) is 19.4 Å². The molecule has 1 aliphatic heterocycles. The zero-order chi connectivity index (χ0) is 15.8. The number of para-hydroxylation sites is 1. The molecule has 0 aromatic heterocycles. The lowest BCUT2D eigenvalue weighted by Gasteiger charge is -2.22. The predicted molar refractivity (Wildman–Crippen MR) is 70.8 cm³/mol. The summed E-state index contributed by atoms with van der Waals surface area (Å²) in [7, 11) is 0. The van der Waals surface area contributed by atoms with Gasteiger partial charge in [-0.25, -0.2) is 0 Å². The van der Waals surface area contributed by atoms with E-state index in [0.29, 0.717) is 17.7 Å². The Balaban J connectivity index is 2.31. The number of fused-ring (bicyclic) bond motifs is 1. The SMILES string of the molecule is CC1(C)Cc2cccc(C(NCC(F)(F)F)C(N)=O)c2O1. The summed E-state index contributed by atoms with van der Waals surface area (Å²) in [5, 5.41) is 2.15. The molecule has 7 heteroatoms. The molecule has 4 nitrogen and oxygen atoms in total. The number of hydrogen-bond donors (Lipinski definition) is 2. The number of carbonyl (C=O) groups excluding carboxylic acids is 1. The zero-order valence-corrected chi connectivity index (χ0v) is 11.8. The monoisotopic (exact) mass is 302 g/mol. The molecule has 2 rings (SSSR count). The first-order chi connectivity index (χ1) is 9.59. The Bertz CT molecular complexity index is 556. The first-order valence-corrected chi connectivity index (χ1v) is 6.49. The summed E-state index contributed by atoms with van der Waals surface area (Å²) in [5.74, 6) is -0.429. The first kappa shape index (κ1) is 15.6. The minimum atomic E-state index is -4.42. The summed E-state index contributed by atoms with van der Waals surface area (Å²) < 4.78 is 42.8. The van der Waals surface area contributed by atoms with Crippen LogP contribution in [0.3, 0.4) is 0 Å². The Morgan fingerprint density at radius 2 is 2.14 bits per heavy atom. The maximum atomic E-state index is 12.3. The van der Waals surface area contributed by atoms with Crippen LogP contribution in [0.25, 0.3) is 0 Å². The van der Waals surface area contributed by atoms with E-state index in [1.165, 1.54) is 0 Å². The van der Waals surface area contributed by atoms with E-state index >= 15 is 0 Å². The van der Waals surface area contributed by atoms with Gasteiger partial charge in [0.1, 0.15) is 17.4 Å². The van der Waals surface area contributed by atoms with E-state index in [0.717, 1.165) is 5.56 Å². The second-order valence-corrected chi connectivity index (χ2v) is 5.71. The molecule has 116 valence electrons. The largest absolute Gasteiger partial charge is 0.487 e. The molecule has 1 aromatic rings. The lowest BCUT2D eigenvalue weighted by atomic mass is 9.98. The van der Waals surface area contributed by atoms with Crippen molar-refractivity contribution in [1.29, 1.82) is 0 Å². The van der Waals surface area contributed by atoms with Crippen LogP contribution >= 0.6 is 0 Å². The molecule has 0 saturated carbocycles. The lowest BCUT2D eigenvalue weighted by molar-refractivity contribution is -0.131. The average Bonchev–Trinajstić information content (AvgIpc) is 2.62. The summed E-state index contributed by atoms with van der Waals surface area (Å²) in [6.07, 6.45) is -3.80. The predicted octanol–water partition coefficient (Wildman–Crippen LogP) is 2.08. The molecule has 0 bridgehead atoms. The molecule has 21 heavy (non-hydrogen) atoms. The number of alkyl halides is 3. The fraction of sp³-hybridized carbons (Fsp3) is 0.500. The number of primary amides is 1. The van der Waals surface area contributed by atoms with Gasteiger partial charge in [-0.1, -0.05) is 18.2 Å². The van der Waals surface area contributed by atoms with Crippen molar-refractivity contribution in [2.24, 2.45) is 5.73 Å². The number of nitrogens with two attached hydrogens (primary N) is 1. The maximum absolute atomic E-state index is 12.3. The number of carbonyl (C=O) groups is 1. The van der Waals surface area contributed by atoms with Gasteiger partial charge in [0.25, 0.3) is 0 Å². The molecule has 1 atom stereocenters. The Morgan fingerprint density at radius 3 is 2.71 bits per heavy atom. The molecule has 0 saturated heterocycles. The number of halogens is 3. The molecule has 0 aliphatic carbocycles. The van der Waals surface area contributed by atoms with E-state index in [1.807, 2.05) is 19.9 Å². The van der Waals surface area contributed by atoms with E-state index < -0.39 is 30.3 Å².